The van der Waals surface area contributed by atoms with Crippen molar-refractivity contribution in [3.63, 3.8) is 0 Å². The number of anilines is 2. The largest absolute Gasteiger partial charge is 0.495 e. The van der Waals surface area contributed by atoms with Crippen molar-refractivity contribution in [1.29, 1.82) is 0 Å². The molecule has 0 aliphatic carbocycles. The summed E-state index contributed by atoms with van der Waals surface area (Å²) in [6.45, 7) is 1.37. The maximum Gasteiger partial charge on any atom is 0.245 e. The molecule has 0 saturated heterocycles. The van der Waals surface area contributed by atoms with Crippen LogP contribution in [-0.2, 0) is 14.8 Å². The summed E-state index contributed by atoms with van der Waals surface area (Å²) in [5.74, 6) is 0.329. The topological polar surface area (TPSA) is 94.2 Å². The van der Waals surface area contributed by atoms with Crippen molar-refractivity contribution in [3.8, 4) is 17.2 Å². The summed E-state index contributed by atoms with van der Waals surface area (Å²) in [5, 5.41) is 2.93. The van der Waals surface area contributed by atoms with Gasteiger partial charge in [-0.05, 0) is 24.6 Å². The minimum absolute atomic E-state index is 0.127. The van der Waals surface area contributed by atoms with Gasteiger partial charge in [-0.25, -0.2) is 8.42 Å². The van der Waals surface area contributed by atoms with Gasteiger partial charge in [-0.2, -0.15) is 0 Å². The Labute approximate surface area is 175 Å². The number of nitrogens with one attached hydrogen (secondary N) is 1. The fourth-order valence-corrected chi connectivity index (χ4v) is 3.74. The Kier molecular flexibility index (Phi) is 7.21. The van der Waals surface area contributed by atoms with Gasteiger partial charge in [0.05, 0.1) is 44.0 Å². The molecule has 0 aliphatic heterocycles. The first-order chi connectivity index (χ1) is 13.6. The number of halogens is 1. The molecular formula is C19H23ClN2O6S. The van der Waals surface area contributed by atoms with Gasteiger partial charge < -0.3 is 19.5 Å². The van der Waals surface area contributed by atoms with Gasteiger partial charge in [-0.3, -0.25) is 9.10 Å². The van der Waals surface area contributed by atoms with E-state index in [1.54, 1.807) is 12.1 Å². The molecule has 2 aromatic carbocycles. The van der Waals surface area contributed by atoms with Gasteiger partial charge in [0.1, 0.15) is 23.8 Å². The van der Waals surface area contributed by atoms with Gasteiger partial charge in [0, 0.05) is 12.1 Å². The zero-order valence-corrected chi connectivity index (χ0v) is 18.3. The molecule has 0 bridgehead atoms. The third-order valence-corrected chi connectivity index (χ3v) is 5.46. The van der Waals surface area contributed by atoms with E-state index < -0.39 is 22.5 Å². The molecule has 1 N–H and O–H groups in total. The molecule has 158 valence electrons. The van der Waals surface area contributed by atoms with Gasteiger partial charge >= 0.3 is 0 Å². The number of amides is 1. The van der Waals surface area contributed by atoms with Crippen LogP contribution in [0.5, 0.6) is 17.2 Å². The number of methoxy groups -OCH3 is 3. The van der Waals surface area contributed by atoms with Crippen molar-refractivity contribution in [2.75, 3.05) is 43.8 Å². The van der Waals surface area contributed by atoms with Crippen LogP contribution in [0.25, 0.3) is 0 Å². The van der Waals surface area contributed by atoms with Crippen molar-refractivity contribution in [2.24, 2.45) is 0 Å². The first-order valence-corrected chi connectivity index (χ1v) is 10.7. The lowest BCUT2D eigenvalue weighted by Crippen LogP contribution is -2.37. The van der Waals surface area contributed by atoms with Crippen LogP contribution in [0.15, 0.2) is 30.3 Å². The minimum atomic E-state index is -3.84. The van der Waals surface area contributed by atoms with E-state index in [4.69, 9.17) is 25.8 Å². The molecule has 2 rings (SSSR count). The van der Waals surface area contributed by atoms with Crippen LogP contribution in [0.4, 0.5) is 11.4 Å². The van der Waals surface area contributed by atoms with Crippen molar-refractivity contribution < 1.29 is 27.4 Å². The molecular weight excluding hydrogens is 420 g/mol. The van der Waals surface area contributed by atoms with Crippen molar-refractivity contribution >= 4 is 38.9 Å². The molecule has 0 radical (unpaired) electrons. The predicted molar refractivity (Wildman–Crippen MR) is 113 cm³/mol. The third kappa shape index (κ3) is 5.45. The van der Waals surface area contributed by atoms with Gasteiger partial charge in [0.2, 0.25) is 15.9 Å². The van der Waals surface area contributed by atoms with E-state index in [0.717, 1.165) is 16.1 Å². The quantitative estimate of drug-likeness (QED) is 0.675. The van der Waals surface area contributed by atoms with Gasteiger partial charge in [-0.1, -0.05) is 17.7 Å². The first kappa shape index (κ1) is 22.6. The molecule has 0 unspecified atom stereocenters. The van der Waals surface area contributed by atoms with Crippen LogP contribution in [0.2, 0.25) is 5.02 Å². The van der Waals surface area contributed by atoms with E-state index in [2.05, 4.69) is 5.32 Å². The smallest absolute Gasteiger partial charge is 0.245 e. The Balaban J connectivity index is 2.41. The van der Waals surface area contributed by atoms with E-state index in [-0.39, 0.29) is 22.2 Å². The number of sulfonamides is 1. The molecule has 0 saturated carbocycles. The second kappa shape index (κ2) is 9.23. The van der Waals surface area contributed by atoms with Gasteiger partial charge in [-0.15, -0.1) is 0 Å². The average molecular weight is 443 g/mol. The molecule has 0 spiro atoms. The summed E-state index contributed by atoms with van der Waals surface area (Å²) >= 11 is 6.09. The Morgan fingerprint density at radius 3 is 2.21 bits per heavy atom. The van der Waals surface area contributed by atoms with Crippen LogP contribution in [0, 0.1) is 6.92 Å². The predicted octanol–water partition coefficient (Wildman–Crippen LogP) is 3.08. The van der Waals surface area contributed by atoms with Crippen LogP contribution in [0.1, 0.15) is 5.56 Å². The standard InChI is InChI=1S/C19H23ClN2O6S/c1-12-6-7-16(26-2)14(8-12)21-19(23)11-22(29(5,24)25)15-10-17(27-3)13(20)9-18(15)28-4/h6-10H,11H2,1-5H3,(H,21,23). The van der Waals surface area contributed by atoms with Crippen molar-refractivity contribution in [3.05, 3.63) is 40.9 Å². The van der Waals surface area contributed by atoms with Crippen molar-refractivity contribution in [1.82, 2.24) is 0 Å². The fourth-order valence-electron chi connectivity index (χ4n) is 2.66. The number of nitrogens with zero attached hydrogens (tertiary/aromatic N) is 1. The number of benzene rings is 2. The van der Waals surface area contributed by atoms with Crippen LogP contribution in [-0.4, -0.2) is 48.5 Å². The van der Waals surface area contributed by atoms with Crippen molar-refractivity contribution in [2.45, 2.75) is 6.92 Å². The van der Waals surface area contributed by atoms with E-state index >= 15 is 0 Å². The zero-order valence-electron chi connectivity index (χ0n) is 16.8. The second-order valence-corrected chi connectivity index (χ2v) is 8.49. The van der Waals surface area contributed by atoms with Gasteiger partial charge in [0.25, 0.3) is 0 Å². The first-order valence-electron chi connectivity index (χ1n) is 8.44. The molecule has 0 aromatic heterocycles. The third-order valence-electron chi connectivity index (χ3n) is 4.04. The molecule has 0 heterocycles. The highest BCUT2D eigenvalue weighted by Crippen LogP contribution is 2.39. The van der Waals surface area contributed by atoms with Crippen LogP contribution >= 0.6 is 11.6 Å². The summed E-state index contributed by atoms with van der Waals surface area (Å²) in [5.41, 5.74) is 1.47. The number of hydrogen-bond donors (Lipinski definition) is 1. The van der Waals surface area contributed by atoms with E-state index in [9.17, 15) is 13.2 Å². The van der Waals surface area contributed by atoms with E-state index in [0.29, 0.717) is 11.4 Å². The Hall–Kier alpha value is -2.65. The summed E-state index contributed by atoms with van der Waals surface area (Å²) < 4.78 is 41.5. The maximum atomic E-state index is 12.7. The maximum absolute atomic E-state index is 12.7. The number of aryl methyl sites for hydroxylation is 1. The number of carbonyl (C=O) groups excluding carboxylic acids is 1. The lowest BCUT2D eigenvalue weighted by Gasteiger charge is -2.24. The minimum Gasteiger partial charge on any atom is -0.495 e. The number of rotatable bonds is 8. The summed E-state index contributed by atoms with van der Waals surface area (Å²) in [4.78, 5) is 12.7. The lowest BCUT2D eigenvalue weighted by atomic mass is 10.2. The lowest BCUT2D eigenvalue weighted by molar-refractivity contribution is -0.114. The zero-order chi connectivity index (χ0) is 21.8. The normalized spacial score (nSPS) is 11.0. The number of ether oxygens (including phenoxy) is 3. The molecule has 0 fully saturated rings. The van der Waals surface area contributed by atoms with E-state index in [1.807, 2.05) is 13.0 Å². The van der Waals surface area contributed by atoms with Crippen LogP contribution < -0.4 is 23.8 Å². The SMILES string of the molecule is COc1cc(N(CC(=O)Nc2cc(C)ccc2OC)S(C)(=O)=O)c(OC)cc1Cl. The molecule has 8 nitrogen and oxygen atoms in total. The fraction of sp³-hybridized carbons (Fsp3) is 0.316. The molecule has 0 aliphatic rings. The molecule has 10 heteroatoms. The summed E-state index contributed by atoms with van der Waals surface area (Å²) in [6, 6.07) is 8.11. The highest BCUT2D eigenvalue weighted by atomic mass is 35.5. The number of hydrogen-bond acceptors (Lipinski definition) is 6. The highest BCUT2D eigenvalue weighted by Gasteiger charge is 2.26. The number of carbonyl (C=O) groups is 1. The summed E-state index contributed by atoms with van der Waals surface area (Å²) in [7, 11) is 0.420. The Bertz CT molecular complexity index is 1010. The van der Waals surface area contributed by atoms with E-state index in [1.165, 1.54) is 33.5 Å². The summed E-state index contributed by atoms with van der Waals surface area (Å²) in [6.07, 6.45) is 0.994. The molecule has 0 atom stereocenters. The van der Waals surface area contributed by atoms with Crippen LogP contribution in [0.3, 0.4) is 0 Å². The Morgan fingerprint density at radius 1 is 1.03 bits per heavy atom. The highest BCUT2D eigenvalue weighted by molar-refractivity contribution is 7.92. The monoisotopic (exact) mass is 442 g/mol. The molecule has 29 heavy (non-hydrogen) atoms. The Morgan fingerprint density at radius 2 is 1.66 bits per heavy atom. The second-order valence-electron chi connectivity index (χ2n) is 6.18. The average Bonchev–Trinajstić information content (AvgIpc) is 2.65. The molecule has 2 aromatic rings. The van der Waals surface area contributed by atoms with Gasteiger partial charge in [0.15, 0.2) is 0 Å². The molecule has 1 amide bonds.